The standard InChI is InChI=1S/C16H19NO4/c18-7-6-15(19)16(20)13-8-14(10-17-9-13)21-11-12-4-2-1-3-5-12/h1-5,8-10,15-16,18-20H,6-7,11H2. The lowest BCUT2D eigenvalue weighted by molar-refractivity contribution is 0.00391. The van der Waals surface area contributed by atoms with Crippen LogP contribution in [-0.4, -0.2) is 33.0 Å². The zero-order chi connectivity index (χ0) is 15.1. The number of hydrogen-bond acceptors (Lipinski definition) is 5. The molecule has 0 radical (unpaired) electrons. The molecule has 5 heteroatoms. The lowest BCUT2D eigenvalue weighted by Gasteiger charge is -2.17. The van der Waals surface area contributed by atoms with Crippen LogP contribution in [0, 0.1) is 0 Å². The molecule has 5 nitrogen and oxygen atoms in total. The first kappa shape index (κ1) is 15.4. The normalized spacial score (nSPS) is 13.7. The Kier molecular flexibility index (Phi) is 5.68. The molecular weight excluding hydrogens is 270 g/mol. The first-order chi connectivity index (χ1) is 10.2. The minimum Gasteiger partial charge on any atom is -0.487 e. The van der Waals surface area contributed by atoms with Crippen LogP contribution in [0.2, 0.25) is 0 Å². The predicted molar refractivity (Wildman–Crippen MR) is 77.7 cm³/mol. The minimum atomic E-state index is -1.09. The summed E-state index contributed by atoms with van der Waals surface area (Å²) in [6, 6.07) is 11.4. The highest BCUT2D eigenvalue weighted by molar-refractivity contribution is 5.26. The first-order valence-corrected chi connectivity index (χ1v) is 6.79. The number of aliphatic hydroxyl groups is 3. The lowest BCUT2D eigenvalue weighted by atomic mass is 10.0. The van der Waals surface area contributed by atoms with Crippen molar-refractivity contribution in [2.45, 2.75) is 25.2 Å². The molecule has 112 valence electrons. The van der Waals surface area contributed by atoms with Crippen molar-refractivity contribution in [1.29, 1.82) is 0 Å². The van der Waals surface area contributed by atoms with Gasteiger partial charge in [-0.15, -0.1) is 0 Å². The zero-order valence-electron chi connectivity index (χ0n) is 11.6. The van der Waals surface area contributed by atoms with Crippen molar-refractivity contribution in [3.63, 3.8) is 0 Å². The van der Waals surface area contributed by atoms with E-state index < -0.39 is 12.2 Å². The van der Waals surface area contributed by atoms with Gasteiger partial charge in [-0.05, 0) is 18.1 Å². The van der Waals surface area contributed by atoms with Gasteiger partial charge in [-0.2, -0.15) is 0 Å². The average molecular weight is 289 g/mol. The fourth-order valence-electron chi connectivity index (χ4n) is 1.93. The molecule has 3 N–H and O–H groups in total. The molecular formula is C16H19NO4. The molecule has 2 atom stereocenters. The van der Waals surface area contributed by atoms with Gasteiger partial charge in [-0.1, -0.05) is 30.3 Å². The van der Waals surface area contributed by atoms with Gasteiger partial charge < -0.3 is 20.1 Å². The van der Waals surface area contributed by atoms with Crippen LogP contribution in [-0.2, 0) is 6.61 Å². The molecule has 2 unspecified atom stereocenters. The Labute approximate surface area is 123 Å². The minimum absolute atomic E-state index is 0.107. The number of ether oxygens (including phenoxy) is 1. The average Bonchev–Trinajstić information content (AvgIpc) is 2.54. The summed E-state index contributed by atoms with van der Waals surface area (Å²) < 4.78 is 5.62. The maximum Gasteiger partial charge on any atom is 0.138 e. The summed E-state index contributed by atoms with van der Waals surface area (Å²) in [6.45, 7) is 0.219. The van der Waals surface area contributed by atoms with Crippen LogP contribution in [0.25, 0.3) is 0 Å². The van der Waals surface area contributed by atoms with E-state index in [1.165, 1.54) is 6.20 Å². The van der Waals surface area contributed by atoms with Crippen LogP contribution < -0.4 is 4.74 Å². The fourth-order valence-corrected chi connectivity index (χ4v) is 1.93. The summed E-state index contributed by atoms with van der Waals surface area (Å²) in [5.74, 6) is 0.520. The Morgan fingerprint density at radius 2 is 1.86 bits per heavy atom. The molecule has 2 aromatic rings. The lowest BCUT2D eigenvalue weighted by Crippen LogP contribution is -2.19. The molecule has 1 aromatic heterocycles. The third-order valence-electron chi connectivity index (χ3n) is 3.11. The summed E-state index contributed by atoms with van der Waals surface area (Å²) >= 11 is 0. The van der Waals surface area contributed by atoms with Crippen molar-refractivity contribution < 1.29 is 20.1 Å². The Balaban J connectivity index is 2.00. The maximum atomic E-state index is 9.97. The summed E-state index contributed by atoms with van der Waals surface area (Å²) in [7, 11) is 0. The van der Waals surface area contributed by atoms with E-state index in [2.05, 4.69) is 4.98 Å². The van der Waals surface area contributed by atoms with Gasteiger partial charge in [0, 0.05) is 18.4 Å². The molecule has 0 aliphatic heterocycles. The molecule has 0 fully saturated rings. The van der Waals surface area contributed by atoms with Crippen molar-refractivity contribution in [2.24, 2.45) is 0 Å². The van der Waals surface area contributed by atoms with Gasteiger partial charge in [-0.3, -0.25) is 4.98 Å². The van der Waals surface area contributed by atoms with Crippen LogP contribution >= 0.6 is 0 Å². The highest BCUT2D eigenvalue weighted by Gasteiger charge is 2.18. The van der Waals surface area contributed by atoms with E-state index in [-0.39, 0.29) is 13.0 Å². The third-order valence-corrected chi connectivity index (χ3v) is 3.11. The summed E-state index contributed by atoms with van der Waals surface area (Å²) in [5.41, 5.74) is 1.49. The second-order valence-corrected chi connectivity index (χ2v) is 4.75. The van der Waals surface area contributed by atoms with Crippen LogP contribution in [0.15, 0.2) is 48.8 Å². The van der Waals surface area contributed by atoms with Crippen LogP contribution in [0.4, 0.5) is 0 Å². The van der Waals surface area contributed by atoms with Gasteiger partial charge in [0.15, 0.2) is 0 Å². The van der Waals surface area contributed by atoms with Crippen LogP contribution in [0.3, 0.4) is 0 Å². The van der Waals surface area contributed by atoms with E-state index in [9.17, 15) is 10.2 Å². The number of nitrogens with zero attached hydrogens (tertiary/aromatic N) is 1. The quantitative estimate of drug-likeness (QED) is 0.718. The number of aliphatic hydroxyl groups excluding tert-OH is 3. The van der Waals surface area contributed by atoms with E-state index >= 15 is 0 Å². The highest BCUT2D eigenvalue weighted by Crippen LogP contribution is 2.22. The molecule has 0 saturated heterocycles. The Morgan fingerprint density at radius 3 is 2.57 bits per heavy atom. The fraction of sp³-hybridized carbons (Fsp3) is 0.312. The first-order valence-electron chi connectivity index (χ1n) is 6.79. The second kappa shape index (κ2) is 7.73. The van der Waals surface area contributed by atoms with Crippen molar-refractivity contribution in [2.75, 3.05) is 6.61 Å². The van der Waals surface area contributed by atoms with Crippen LogP contribution in [0.5, 0.6) is 5.75 Å². The molecule has 1 aromatic carbocycles. The smallest absolute Gasteiger partial charge is 0.138 e. The van der Waals surface area contributed by atoms with Gasteiger partial charge >= 0.3 is 0 Å². The van der Waals surface area contributed by atoms with E-state index in [1.807, 2.05) is 30.3 Å². The SMILES string of the molecule is OCCC(O)C(O)c1cncc(OCc2ccccc2)c1. The van der Waals surface area contributed by atoms with Crippen LogP contribution in [0.1, 0.15) is 23.7 Å². The highest BCUT2D eigenvalue weighted by atomic mass is 16.5. The number of hydrogen-bond donors (Lipinski definition) is 3. The van der Waals surface area contributed by atoms with Crippen molar-refractivity contribution >= 4 is 0 Å². The molecule has 0 bridgehead atoms. The predicted octanol–water partition coefficient (Wildman–Crippen LogP) is 1.44. The Morgan fingerprint density at radius 1 is 1.10 bits per heavy atom. The third kappa shape index (κ3) is 4.53. The Bertz CT molecular complexity index is 547. The second-order valence-electron chi connectivity index (χ2n) is 4.75. The summed E-state index contributed by atoms with van der Waals surface area (Å²) in [4.78, 5) is 4.00. The summed E-state index contributed by atoms with van der Waals surface area (Å²) in [5, 5.41) is 28.5. The van der Waals surface area contributed by atoms with Gasteiger partial charge in [-0.25, -0.2) is 0 Å². The van der Waals surface area contributed by atoms with E-state index in [0.717, 1.165) is 5.56 Å². The molecule has 0 aliphatic carbocycles. The molecule has 21 heavy (non-hydrogen) atoms. The van der Waals surface area contributed by atoms with Gasteiger partial charge in [0.1, 0.15) is 18.5 Å². The summed E-state index contributed by atoms with van der Waals surface area (Å²) in [6.07, 6.45) is 1.01. The topological polar surface area (TPSA) is 82.8 Å². The number of pyridine rings is 1. The molecule has 2 rings (SSSR count). The van der Waals surface area contributed by atoms with E-state index in [4.69, 9.17) is 9.84 Å². The largest absolute Gasteiger partial charge is 0.487 e. The number of aromatic nitrogens is 1. The number of benzene rings is 1. The van der Waals surface area contributed by atoms with Gasteiger partial charge in [0.05, 0.1) is 12.3 Å². The zero-order valence-corrected chi connectivity index (χ0v) is 11.6. The van der Waals surface area contributed by atoms with Gasteiger partial charge in [0.25, 0.3) is 0 Å². The van der Waals surface area contributed by atoms with Gasteiger partial charge in [0.2, 0.25) is 0 Å². The van der Waals surface area contributed by atoms with E-state index in [0.29, 0.717) is 17.9 Å². The molecule has 1 heterocycles. The molecule has 0 amide bonds. The van der Waals surface area contributed by atoms with Crippen molar-refractivity contribution in [1.82, 2.24) is 4.98 Å². The Hall–Kier alpha value is -1.95. The maximum absolute atomic E-state index is 9.97. The van der Waals surface area contributed by atoms with E-state index in [1.54, 1.807) is 12.3 Å². The van der Waals surface area contributed by atoms with Crippen molar-refractivity contribution in [3.8, 4) is 5.75 Å². The van der Waals surface area contributed by atoms with Crippen molar-refractivity contribution in [3.05, 3.63) is 59.9 Å². The molecule has 0 aliphatic rings. The molecule has 0 spiro atoms. The molecule has 0 saturated carbocycles. The number of rotatable bonds is 7. The monoisotopic (exact) mass is 289 g/mol.